The van der Waals surface area contributed by atoms with Crippen LogP contribution in [0, 0.1) is 6.92 Å². The number of nitrogen functional groups attached to an aromatic ring is 1. The molecular formula is C18H24N2O. The molecule has 21 heavy (non-hydrogen) atoms. The van der Waals surface area contributed by atoms with E-state index in [0.29, 0.717) is 5.69 Å². The van der Waals surface area contributed by atoms with Crippen LogP contribution < -0.4 is 15.4 Å². The zero-order chi connectivity index (χ0) is 15.4. The second-order valence-electron chi connectivity index (χ2n) is 5.73. The van der Waals surface area contributed by atoms with Gasteiger partial charge in [0.2, 0.25) is 0 Å². The molecule has 3 nitrogen and oxygen atoms in total. The van der Waals surface area contributed by atoms with Crippen molar-refractivity contribution in [2.75, 3.05) is 17.7 Å². The van der Waals surface area contributed by atoms with Crippen molar-refractivity contribution in [3.05, 3.63) is 53.6 Å². The van der Waals surface area contributed by atoms with Crippen molar-refractivity contribution >= 4 is 11.4 Å². The van der Waals surface area contributed by atoms with E-state index >= 15 is 0 Å². The van der Waals surface area contributed by atoms with Crippen LogP contribution in [0.25, 0.3) is 0 Å². The molecule has 0 fully saturated rings. The van der Waals surface area contributed by atoms with Gasteiger partial charge in [-0.05, 0) is 38.5 Å². The third-order valence-electron chi connectivity index (χ3n) is 3.30. The molecule has 0 heterocycles. The lowest BCUT2D eigenvalue weighted by atomic mass is 10.1. The Morgan fingerprint density at radius 1 is 1.14 bits per heavy atom. The minimum atomic E-state index is 0.115. The van der Waals surface area contributed by atoms with Gasteiger partial charge < -0.3 is 15.4 Å². The Hall–Kier alpha value is -2.16. The maximum atomic E-state index is 5.97. The summed E-state index contributed by atoms with van der Waals surface area (Å²) >= 11 is 0. The van der Waals surface area contributed by atoms with Gasteiger partial charge in [0.05, 0.1) is 11.8 Å². The van der Waals surface area contributed by atoms with Gasteiger partial charge in [0.1, 0.15) is 5.75 Å². The molecule has 0 atom stereocenters. The molecule has 0 saturated carbocycles. The second-order valence-corrected chi connectivity index (χ2v) is 5.73. The summed E-state index contributed by atoms with van der Waals surface area (Å²) in [6, 6.07) is 14.5. The van der Waals surface area contributed by atoms with Gasteiger partial charge in [-0.2, -0.15) is 0 Å². The molecule has 0 unspecified atom stereocenters. The Balaban J connectivity index is 2.17. The number of anilines is 2. The first-order valence-corrected chi connectivity index (χ1v) is 7.28. The summed E-state index contributed by atoms with van der Waals surface area (Å²) in [5.41, 5.74) is 10.3. The summed E-state index contributed by atoms with van der Waals surface area (Å²) in [6.07, 6.45) is 0.115. The van der Waals surface area contributed by atoms with Crippen LogP contribution in [0.1, 0.15) is 25.0 Å². The van der Waals surface area contributed by atoms with Gasteiger partial charge in [0.25, 0.3) is 0 Å². The van der Waals surface area contributed by atoms with Crippen LogP contribution in [-0.4, -0.2) is 13.2 Å². The molecule has 0 spiro atoms. The average Bonchev–Trinajstić information content (AvgIpc) is 2.40. The van der Waals surface area contributed by atoms with E-state index < -0.39 is 0 Å². The number of ether oxygens (including phenoxy) is 1. The fourth-order valence-corrected chi connectivity index (χ4v) is 2.29. The maximum Gasteiger partial charge on any atom is 0.144 e. The van der Waals surface area contributed by atoms with Crippen LogP contribution in [0.5, 0.6) is 5.75 Å². The smallest absolute Gasteiger partial charge is 0.144 e. The monoisotopic (exact) mass is 284 g/mol. The summed E-state index contributed by atoms with van der Waals surface area (Å²) in [4.78, 5) is 2.20. The van der Waals surface area contributed by atoms with Crippen LogP contribution in [0.15, 0.2) is 42.5 Å². The molecule has 2 aromatic rings. The van der Waals surface area contributed by atoms with E-state index in [1.165, 1.54) is 11.1 Å². The van der Waals surface area contributed by atoms with E-state index in [4.69, 9.17) is 10.5 Å². The van der Waals surface area contributed by atoms with Gasteiger partial charge in [-0.25, -0.2) is 0 Å². The van der Waals surface area contributed by atoms with Crippen molar-refractivity contribution in [2.24, 2.45) is 0 Å². The first kappa shape index (κ1) is 15.2. The Morgan fingerprint density at radius 3 is 2.57 bits per heavy atom. The van der Waals surface area contributed by atoms with E-state index in [-0.39, 0.29) is 6.10 Å². The number of aryl methyl sites for hydroxylation is 1. The summed E-state index contributed by atoms with van der Waals surface area (Å²) in [6.45, 7) is 6.97. The number of benzene rings is 2. The normalized spacial score (nSPS) is 10.7. The number of hydrogen-bond acceptors (Lipinski definition) is 3. The average molecular weight is 284 g/mol. The lowest BCUT2D eigenvalue weighted by Gasteiger charge is -2.21. The predicted octanol–water partition coefficient (Wildman–Crippen LogP) is 4.00. The van der Waals surface area contributed by atoms with Crippen molar-refractivity contribution in [2.45, 2.75) is 33.4 Å². The lowest BCUT2D eigenvalue weighted by molar-refractivity contribution is 0.244. The second kappa shape index (κ2) is 6.53. The zero-order valence-corrected chi connectivity index (χ0v) is 13.3. The largest absolute Gasteiger partial charge is 0.489 e. The SMILES string of the molecule is Cc1cccc(CN(C)c2ccc(N)c(OC(C)C)c2)c1. The topological polar surface area (TPSA) is 38.5 Å². The quantitative estimate of drug-likeness (QED) is 0.843. The number of nitrogens with two attached hydrogens (primary N) is 1. The Morgan fingerprint density at radius 2 is 1.90 bits per heavy atom. The lowest BCUT2D eigenvalue weighted by Crippen LogP contribution is -2.17. The fourth-order valence-electron chi connectivity index (χ4n) is 2.29. The molecule has 2 rings (SSSR count). The van der Waals surface area contributed by atoms with E-state index in [2.05, 4.69) is 43.1 Å². The predicted molar refractivity (Wildman–Crippen MR) is 89.9 cm³/mol. The first-order chi connectivity index (χ1) is 9.95. The van der Waals surface area contributed by atoms with Gasteiger partial charge in [0.15, 0.2) is 0 Å². The van der Waals surface area contributed by atoms with Crippen LogP contribution in [0.2, 0.25) is 0 Å². The highest BCUT2D eigenvalue weighted by molar-refractivity contribution is 5.62. The minimum absolute atomic E-state index is 0.115. The van der Waals surface area contributed by atoms with Gasteiger partial charge in [0, 0.05) is 25.3 Å². The van der Waals surface area contributed by atoms with Crippen LogP contribution >= 0.6 is 0 Å². The fraction of sp³-hybridized carbons (Fsp3) is 0.333. The van der Waals surface area contributed by atoms with Gasteiger partial charge in [-0.15, -0.1) is 0 Å². The molecule has 0 aliphatic heterocycles. The van der Waals surface area contributed by atoms with Crippen LogP contribution in [0.4, 0.5) is 11.4 Å². The van der Waals surface area contributed by atoms with E-state index in [9.17, 15) is 0 Å². The third-order valence-corrected chi connectivity index (χ3v) is 3.30. The molecule has 0 radical (unpaired) electrons. The Kier molecular flexibility index (Phi) is 4.73. The number of rotatable bonds is 5. The van der Waals surface area contributed by atoms with Gasteiger partial charge in [-0.1, -0.05) is 29.8 Å². The molecule has 0 bridgehead atoms. The molecule has 0 aliphatic carbocycles. The minimum Gasteiger partial charge on any atom is -0.489 e. The summed E-state index contributed by atoms with van der Waals surface area (Å²) in [5, 5.41) is 0. The highest BCUT2D eigenvalue weighted by Gasteiger charge is 2.08. The maximum absolute atomic E-state index is 5.97. The van der Waals surface area contributed by atoms with Gasteiger partial charge in [-0.3, -0.25) is 0 Å². The van der Waals surface area contributed by atoms with E-state index in [1.807, 2.05) is 32.0 Å². The van der Waals surface area contributed by atoms with Crippen LogP contribution in [-0.2, 0) is 6.54 Å². The van der Waals surface area contributed by atoms with E-state index in [1.54, 1.807) is 0 Å². The van der Waals surface area contributed by atoms with E-state index in [0.717, 1.165) is 18.0 Å². The molecule has 2 N–H and O–H groups in total. The summed E-state index contributed by atoms with van der Waals surface area (Å²) in [5.74, 6) is 0.749. The Bertz CT molecular complexity index is 608. The summed E-state index contributed by atoms with van der Waals surface area (Å²) in [7, 11) is 2.08. The van der Waals surface area contributed by atoms with Crippen molar-refractivity contribution in [3.63, 3.8) is 0 Å². The molecule has 0 saturated heterocycles. The first-order valence-electron chi connectivity index (χ1n) is 7.28. The molecule has 0 aromatic heterocycles. The molecule has 2 aromatic carbocycles. The van der Waals surface area contributed by atoms with Crippen molar-refractivity contribution in [1.82, 2.24) is 0 Å². The highest BCUT2D eigenvalue weighted by Crippen LogP contribution is 2.28. The van der Waals surface area contributed by atoms with Crippen molar-refractivity contribution in [3.8, 4) is 5.75 Å². The number of hydrogen-bond donors (Lipinski definition) is 1. The van der Waals surface area contributed by atoms with Crippen molar-refractivity contribution < 1.29 is 4.74 Å². The van der Waals surface area contributed by atoms with Crippen molar-refractivity contribution in [1.29, 1.82) is 0 Å². The Labute approximate surface area is 127 Å². The molecule has 3 heteroatoms. The molecule has 0 aliphatic rings. The molecule has 112 valence electrons. The third kappa shape index (κ3) is 4.15. The molecule has 0 amide bonds. The summed E-state index contributed by atoms with van der Waals surface area (Å²) < 4.78 is 5.75. The highest BCUT2D eigenvalue weighted by atomic mass is 16.5. The van der Waals surface area contributed by atoms with Gasteiger partial charge >= 0.3 is 0 Å². The van der Waals surface area contributed by atoms with Crippen LogP contribution in [0.3, 0.4) is 0 Å². The standard InChI is InChI=1S/C18H24N2O/c1-13(2)21-18-11-16(8-9-17(18)19)20(4)12-15-7-5-6-14(3)10-15/h5-11,13H,12,19H2,1-4H3. The number of nitrogens with zero attached hydrogens (tertiary/aromatic N) is 1. The molecular weight excluding hydrogens is 260 g/mol. The zero-order valence-electron chi connectivity index (χ0n) is 13.3.